The Morgan fingerprint density at radius 2 is 1.59 bits per heavy atom. The minimum Gasteiger partial charge on any atom is -0.427 e. The maximum absolute atomic E-state index is 13.1. The molecule has 1 aliphatic rings. The van der Waals surface area contributed by atoms with E-state index in [4.69, 9.17) is 9.47 Å². The Kier molecular flexibility index (Phi) is 8.47. The molecule has 10 heteroatoms. The van der Waals surface area contributed by atoms with Crippen LogP contribution in [-0.4, -0.2) is 54.8 Å². The average Bonchev–Trinajstić information content (AvgIpc) is 3.16. The third kappa shape index (κ3) is 6.36. The molecule has 0 atom stereocenters. The predicted octanol–water partition coefficient (Wildman–Crippen LogP) is 3.43. The summed E-state index contributed by atoms with van der Waals surface area (Å²) in [6.45, 7) is 2.04. The van der Waals surface area contributed by atoms with Crippen LogP contribution in [0, 0.1) is 0 Å². The zero-order chi connectivity index (χ0) is 27.9. The van der Waals surface area contributed by atoms with E-state index < -0.39 is 23.7 Å². The number of benzene rings is 3. The molecule has 0 radical (unpaired) electrons. The van der Waals surface area contributed by atoms with E-state index >= 15 is 0 Å². The van der Waals surface area contributed by atoms with Gasteiger partial charge in [0.05, 0.1) is 11.1 Å². The van der Waals surface area contributed by atoms with Gasteiger partial charge in [0.1, 0.15) is 5.75 Å². The summed E-state index contributed by atoms with van der Waals surface area (Å²) >= 11 is 0. The van der Waals surface area contributed by atoms with Crippen molar-refractivity contribution >= 4 is 35.3 Å². The van der Waals surface area contributed by atoms with Gasteiger partial charge in [-0.3, -0.25) is 28.9 Å². The number of fused-ring (bicyclic) bond motifs is 1. The van der Waals surface area contributed by atoms with Crippen molar-refractivity contribution in [3.63, 3.8) is 0 Å². The zero-order valence-corrected chi connectivity index (χ0v) is 21.5. The molecular formula is C29H27N3O7. The first-order chi connectivity index (χ1) is 18.8. The second-order valence-electron chi connectivity index (χ2n) is 8.78. The number of hydrogen-bond donors (Lipinski definition) is 2. The van der Waals surface area contributed by atoms with E-state index in [1.54, 1.807) is 49.6 Å². The summed E-state index contributed by atoms with van der Waals surface area (Å²) in [5.74, 6) is -1.92. The molecule has 1 heterocycles. The summed E-state index contributed by atoms with van der Waals surface area (Å²) in [5, 5.41) is 5.61. The van der Waals surface area contributed by atoms with Crippen molar-refractivity contribution in [3.8, 4) is 5.75 Å². The Morgan fingerprint density at radius 1 is 0.846 bits per heavy atom. The van der Waals surface area contributed by atoms with Crippen molar-refractivity contribution in [1.82, 2.24) is 10.2 Å². The standard InChI is InChI=1S/C29H27N3O7/c1-18(33)39-22-9-5-8-19(15-22)26(34)30-17-21-7-3-4-10-25(21)31-27(35)20-11-12-23-24(16-20)29(37)32(28(23)36)13-6-14-38-2/h3-5,7-12,15-16H,6,13-14,17H2,1-2H3,(H,30,34)(H,31,35). The van der Waals surface area contributed by atoms with Crippen LogP contribution in [0.3, 0.4) is 0 Å². The van der Waals surface area contributed by atoms with Crippen molar-refractivity contribution in [1.29, 1.82) is 0 Å². The van der Waals surface area contributed by atoms with Gasteiger partial charge in [0.15, 0.2) is 0 Å². The van der Waals surface area contributed by atoms with Gasteiger partial charge < -0.3 is 20.1 Å². The number of esters is 1. The second kappa shape index (κ2) is 12.1. The molecule has 0 bridgehead atoms. The maximum atomic E-state index is 13.1. The lowest BCUT2D eigenvalue weighted by atomic mass is 10.0. The molecule has 4 rings (SSSR count). The number of nitrogens with zero attached hydrogens (tertiary/aromatic N) is 1. The fraction of sp³-hybridized carbons (Fsp3) is 0.207. The molecule has 0 aliphatic carbocycles. The number of carbonyl (C=O) groups is 5. The first-order valence-corrected chi connectivity index (χ1v) is 12.2. The topological polar surface area (TPSA) is 131 Å². The number of amides is 4. The Bertz CT molecular complexity index is 1450. The lowest BCUT2D eigenvalue weighted by Gasteiger charge is -2.13. The van der Waals surface area contributed by atoms with Crippen molar-refractivity contribution in [3.05, 3.63) is 94.5 Å². The number of ether oxygens (including phenoxy) is 2. The van der Waals surface area contributed by atoms with Gasteiger partial charge in [0.25, 0.3) is 23.6 Å². The van der Waals surface area contributed by atoms with E-state index in [2.05, 4.69) is 10.6 Å². The van der Waals surface area contributed by atoms with Crippen molar-refractivity contribution < 1.29 is 33.4 Å². The van der Waals surface area contributed by atoms with Gasteiger partial charge in [0.2, 0.25) is 0 Å². The molecule has 200 valence electrons. The lowest BCUT2D eigenvalue weighted by molar-refractivity contribution is -0.131. The van der Waals surface area contributed by atoms with E-state index in [0.29, 0.717) is 29.8 Å². The van der Waals surface area contributed by atoms with Gasteiger partial charge in [-0.1, -0.05) is 24.3 Å². The van der Waals surface area contributed by atoms with E-state index in [0.717, 1.165) is 4.90 Å². The van der Waals surface area contributed by atoms with Crippen LogP contribution in [-0.2, 0) is 16.1 Å². The minimum atomic E-state index is -0.490. The van der Waals surface area contributed by atoms with Crippen LogP contribution in [0.25, 0.3) is 0 Å². The number of rotatable bonds is 10. The summed E-state index contributed by atoms with van der Waals surface area (Å²) in [6.07, 6.45) is 0.514. The van der Waals surface area contributed by atoms with E-state index in [-0.39, 0.29) is 41.4 Å². The Labute approximate surface area is 224 Å². The van der Waals surface area contributed by atoms with Gasteiger partial charge in [-0.2, -0.15) is 0 Å². The third-order valence-corrected chi connectivity index (χ3v) is 6.03. The molecule has 0 spiro atoms. The molecule has 1 aliphatic heterocycles. The largest absolute Gasteiger partial charge is 0.427 e. The lowest BCUT2D eigenvalue weighted by Crippen LogP contribution is -2.31. The Balaban J connectivity index is 1.44. The zero-order valence-electron chi connectivity index (χ0n) is 21.5. The molecule has 0 saturated carbocycles. The number of carbonyl (C=O) groups excluding carboxylic acids is 5. The number of para-hydroxylation sites is 1. The number of anilines is 1. The summed E-state index contributed by atoms with van der Waals surface area (Å²) in [6, 6.07) is 17.6. The van der Waals surface area contributed by atoms with Crippen LogP contribution in [0.5, 0.6) is 5.75 Å². The predicted molar refractivity (Wildman–Crippen MR) is 142 cm³/mol. The van der Waals surface area contributed by atoms with Gasteiger partial charge in [-0.05, 0) is 54.4 Å². The van der Waals surface area contributed by atoms with Crippen LogP contribution in [0.2, 0.25) is 0 Å². The number of hydrogen-bond acceptors (Lipinski definition) is 7. The molecule has 0 saturated heterocycles. The summed E-state index contributed by atoms with van der Waals surface area (Å²) in [5.41, 5.74) is 2.09. The fourth-order valence-corrected chi connectivity index (χ4v) is 4.14. The highest BCUT2D eigenvalue weighted by molar-refractivity contribution is 6.22. The van der Waals surface area contributed by atoms with Crippen molar-refractivity contribution in [2.45, 2.75) is 19.9 Å². The molecule has 3 aromatic carbocycles. The third-order valence-electron chi connectivity index (χ3n) is 6.03. The molecule has 10 nitrogen and oxygen atoms in total. The molecule has 0 unspecified atom stereocenters. The quantitative estimate of drug-likeness (QED) is 0.178. The molecule has 4 amide bonds. The Morgan fingerprint density at radius 3 is 2.36 bits per heavy atom. The molecule has 3 aromatic rings. The van der Waals surface area contributed by atoms with Crippen LogP contribution in [0.4, 0.5) is 5.69 Å². The van der Waals surface area contributed by atoms with Crippen molar-refractivity contribution in [2.24, 2.45) is 0 Å². The monoisotopic (exact) mass is 529 g/mol. The first-order valence-electron chi connectivity index (χ1n) is 12.2. The van der Waals surface area contributed by atoms with E-state index in [1.165, 1.54) is 31.2 Å². The highest BCUT2D eigenvalue weighted by atomic mass is 16.5. The Hall–Kier alpha value is -4.83. The van der Waals surface area contributed by atoms with Crippen LogP contribution in [0.15, 0.2) is 66.7 Å². The first kappa shape index (κ1) is 27.2. The molecule has 2 N–H and O–H groups in total. The number of methoxy groups -OCH3 is 1. The van der Waals surface area contributed by atoms with E-state index in [9.17, 15) is 24.0 Å². The van der Waals surface area contributed by atoms with Gasteiger partial charge in [0, 0.05) is 50.5 Å². The minimum absolute atomic E-state index is 0.112. The van der Waals surface area contributed by atoms with Gasteiger partial charge in [-0.15, -0.1) is 0 Å². The molecule has 39 heavy (non-hydrogen) atoms. The van der Waals surface area contributed by atoms with E-state index in [1.807, 2.05) is 0 Å². The second-order valence-corrected chi connectivity index (χ2v) is 8.78. The van der Waals surface area contributed by atoms with Gasteiger partial charge >= 0.3 is 5.97 Å². The molecular weight excluding hydrogens is 502 g/mol. The van der Waals surface area contributed by atoms with Crippen LogP contribution < -0.4 is 15.4 Å². The highest BCUT2D eigenvalue weighted by Gasteiger charge is 2.35. The fourth-order valence-electron chi connectivity index (χ4n) is 4.14. The van der Waals surface area contributed by atoms with Crippen LogP contribution >= 0.6 is 0 Å². The summed E-state index contributed by atoms with van der Waals surface area (Å²) in [7, 11) is 1.55. The highest BCUT2D eigenvalue weighted by Crippen LogP contribution is 2.25. The summed E-state index contributed by atoms with van der Waals surface area (Å²) in [4.78, 5) is 63.5. The van der Waals surface area contributed by atoms with Crippen LogP contribution in [0.1, 0.15) is 60.3 Å². The van der Waals surface area contributed by atoms with Crippen molar-refractivity contribution in [2.75, 3.05) is 25.6 Å². The maximum Gasteiger partial charge on any atom is 0.308 e. The normalized spacial score (nSPS) is 12.2. The molecule has 0 aromatic heterocycles. The smallest absolute Gasteiger partial charge is 0.308 e. The average molecular weight is 530 g/mol. The summed E-state index contributed by atoms with van der Waals surface area (Å²) < 4.78 is 10.0. The molecule has 0 fully saturated rings. The van der Waals surface area contributed by atoms with Gasteiger partial charge in [-0.25, -0.2) is 0 Å². The SMILES string of the molecule is COCCCN1C(=O)c2ccc(C(=O)Nc3ccccc3CNC(=O)c3cccc(OC(C)=O)c3)cc2C1=O. The number of imide groups is 1. The number of nitrogens with one attached hydrogen (secondary N) is 2.